The van der Waals surface area contributed by atoms with E-state index in [0.29, 0.717) is 6.61 Å². The lowest BCUT2D eigenvalue weighted by atomic mass is 9.96. The van der Waals surface area contributed by atoms with Gasteiger partial charge in [-0.1, -0.05) is 6.92 Å². The molecule has 0 bridgehead atoms. The van der Waals surface area contributed by atoms with Gasteiger partial charge in [-0.25, -0.2) is 8.78 Å². The van der Waals surface area contributed by atoms with E-state index in [1.165, 1.54) is 6.92 Å². The summed E-state index contributed by atoms with van der Waals surface area (Å²) in [4.78, 5) is 0. The molecule has 0 amide bonds. The average molecular weight is 206 g/mol. The second-order valence-corrected chi connectivity index (χ2v) is 4.76. The highest BCUT2D eigenvalue weighted by molar-refractivity contribution is 5.08. The Kier molecular flexibility index (Phi) is 2.31. The largest absolute Gasteiger partial charge is 0.390 e. The maximum Gasteiger partial charge on any atom is 0.254 e. The molecule has 4 heteroatoms. The summed E-state index contributed by atoms with van der Waals surface area (Å²) in [6.07, 6.45) is 0.839. The van der Waals surface area contributed by atoms with E-state index >= 15 is 0 Å². The van der Waals surface area contributed by atoms with Crippen LogP contribution < -0.4 is 0 Å². The molecule has 82 valence electrons. The summed E-state index contributed by atoms with van der Waals surface area (Å²) in [6, 6.07) is 0. The number of hydrogen-bond donors (Lipinski definition) is 1. The number of ether oxygens (including phenoxy) is 1. The van der Waals surface area contributed by atoms with Crippen molar-refractivity contribution in [3.63, 3.8) is 0 Å². The lowest BCUT2D eigenvalue weighted by molar-refractivity contribution is -0.0289. The Balaban J connectivity index is 1.86. The third kappa shape index (κ3) is 1.65. The third-order valence-electron chi connectivity index (χ3n) is 3.42. The van der Waals surface area contributed by atoms with Crippen molar-refractivity contribution >= 4 is 0 Å². The van der Waals surface area contributed by atoms with Crippen molar-refractivity contribution in [2.45, 2.75) is 50.7 Å². The molecule has 2 rings (SSSR count). The van der Waals surface area contributed by atoms with Crippen molar-refractivity contribution in [1.29, 1.82) is 0 Å². The van der Waals surface area contributed by atoms with Crippen LogP contribution in [0.3, 0.4) is 0 Å². The molecule has 1 aliphatic carbocycles. The summed E-state index contributed by atoms with van der Waals surface area (Å²) in [5, 5.41) is 9.70. The normalized spacial score (nSPS) is 42.4. The van der Waals surface area contributed by atoms with E-state index in [0.717, 1.165) is 12.8 Å². The van der Waals surface area contributed by atoms with Gasteiger partial charge in [0.1, 0.15) is 0 Å². The molecule has 0 spiro atoms. The lowest BCUT2D eigenvalue weighted by Crippen LogP contribution is -2.29. The molecule has 3 atom stereocenters. The molecule has 1 aliphatic heterocycles. The van der Waals surface area contributed by atoms with Gasteiger partial charge in [0.15, 0.2) is 0 Å². The van der Waals surface area contributed by atoms with Crippen LogP contribution in [0, 0.1) is 5.41 Å². The highest BCUT2D eigenvalue weighted by Crippen LogP contribution is 2.63. The van der Waals surface area contributed by atoms with E-state index in [1.54, 1.807) is 0 Å². The first-order valence-corrected chi connectivity index (χ1v) is 5.12. The molecule has 0 aromatic rings. The summed E-state index contributed by atoms with van der Waals surface area (Å²) in [5.41, 5.74) is -0.988. The first kappa shape index (κ1) is 10.3. The van der Waals surface area contributed by atoms with Gasteiger partial charge in [0.2, 0.25) is 0 Å². The standard InChI is InChI=1S/C10H16F2O2/c1-9(6-10(9,11)12)5-7(13)8-3-2-4-14-8/h7-8,13H,2-6H2,1H3. The second-order valence-electron chi connectivity index (χ2n) is 4.76. The Labute approximate surface area is 82.3 Å². The van der Waals surface area contributed by atoms with Crippen LogP contribution in [0.5, 0.6) is 0 Å². The van der Waals surface area contributed by atoms with Crippen LogP contribution in [0.25, 0.3) is 0 Å². The Hall–Kier alpha value is -0.220. The third-order valence-corrected chi connectivity index (χ3v) is 3.42. The van der Waals surface area contributed by atoms with Crippen molar-refractivity contribution in [2.75, 3.05) is 6.61 Å². The van der Waals surface area contributed by atoms with Gasteiger partial charge in [0, 0.05) is 18.4 Å². The summed E-state index contributed by atoms with van der Waals surface area (Å²) in [5.74, 6) is -2.58. The van der Waals surface area contributed by atoms with Crippen LogP contribution in [0.2, 0.25) is 0 Å². The topological polar surface area (TPSA) is 29.5 Å². The first-order chi connectivity index (χ1) is 6.45. The number of aliphatic hydroxyl groups is 1. The molecular formula is C10H16F2O2. The molecule has 3 unspecified atom stereocenters. The number of halogens is 2. The van der Waals surface area contributed by atoms with Crippen LogP contribution in [-0.2, 0) is 4.74 Å². The molecule has 2 fully saturated rings. The van der Waals surface area contributed by atoms with Crippen LogP contribution in [0.1, 0.15) is 32.6 Å². The quantitative estimate of drug-likeness (QED) is 0.764. The molecule has 1 N–H and O–H groups in total. The molecule has 1 saturated heterocycles. The Morgan fingerprint density at radius 1 is 1.57 bits per heavy atom. The van der Waals surface area contributed by atoms with E-state index in [-0.39, 0.29) is 18.9 Å². The fourth-order valence-corrected chi connectivity index (χ4v) is 2.17. The zero-order chi connectivity index (χ0) is 10.4. The molecule has 14 heavy (non-hydrogen) atoms. The van der Waals surface area contributed by atoms with Gasteiger partial charge in [-0.15, -0.1) is 0 Å². The average Bonchev–Trinajstić information content (AvgIpc) is 2.55. The van der Waals surface area contributed by atoms with E-state index < -0.39 is 17.4 Å². The van der Waals surface area contributed by atoms with Gasteiger partial charge in [-0.05, 0) is 19.3 Å². The van der Waals surface area contributed by atoms with E-state index in [9.17, 15) is 13.9 Å². The molecular weight excluding hydrogens is 190 g/mol. The molecule has 0 aromatic carbocycles. The predicted molar refractivity (Wildman–Crippen MR) is 47.3 cm³/mol. The van der Waals surface area contributed by atoms with Gasteiger partial charge in [-0.2, -0.15) is 0 Å². The summed E-state index contributed by atoms with van der Waals surface area (Å²) < 4.78 is 31.0. The number of aliphatic hydroxyl groups excluding tert-OH is 1. The highest BCUT2D eigenvalue weighted by atomic mass is 19.3. The van der Waals surface area contributed by atoms with Crippen molar-refractivity contribution in [3.05, 3.63) is 0 Å². The van der Waals surface area contributed by atoms with Crippen molar-refractivity contribution in [2.24, 2.45) is 5.41 Å². The minimum absolute atomic E-state index is 0.0935. The number of hydrogen-bond acceptors (Lipinski definition) is 2. The van der Waals surface area contributed by atoms with Crippen LogP contribution in [0.4, 0.5) is 8.78 Å². The molecule has 1 saturated carbocycles. The summed E-state index contributed by atoms with van der Waals surface area (Å²) in [7, 11) is 0. The van der Waals surface area contributed by atoms with Crippen LogP contribution in [0.15, 0.2) is 0 Å². The van der Waals surface area contributed by atoms with Gasteiger partial charge < -0.3 is 9.84 Å². The van der Waals surface area contributed by atoms with Gasteiger partial charge >= 0.3 is 0 Å². The van der Waals surface area contributed by atoms with Crippen molar-refractivity contribution in [3.8, 4) is 0 Å². The molecule has 0 radical (unpaired) electrons. The first-order valence-electron chi connectivity index (χ1n) is 5.12. The van der Waals surface area contributed by atoms with Crippen LogP contribution >= 0.6 is 0 Å². The minimum Gasteiger partial charge on any atom is -0.390 e. The van der Waals surface area contributed by atoms with Gasteiger partial charge in [-0.3, -0.25) is 0 Å². The SMILES string of the molecule is CC1(CC(O)C2CCCO2)CC1(F)F. The van der Waals surface area contributed by atoms with E-state index in [2.05, 4.69) is 0 Å². The minimum atomic E-state index is -2.58. The molecule has 2 nitrogen and oxygen atoms in total. The monoisotopic (exact) mass is 206 g/mol. The molecule has 1 heterocycles. The Morgan fingerprint density at radius 3 is 2.64 bits per heavy atom. The zero-order valence-corrected chi connectivity index (χ0v) is 8.30. The second kappa shape index (κ2) is 3.14. The lowest BCUT2D eigenvalue weighted by Gasteiger charge is -2.20. The van der Waals surface area contributed by atoms with Gasteiger partial charge in [0.25, 0.3) is 5.92 Å². The van der Waals surface area contributed by atoms with Gasteiger partial charge in [0.05, 0.1) is 12.2 Å². The van der Waals surface area contributed by atoms with Crippen molar-refractivity contribution in [1.82, 2.24) is 0 Å². The van der Waals surface area contributed by atoms with E-state index in [1.807, 2.05) is 0 Å². The van der Waals surface area contributed by atoms with E-state index in [4.69, 9.17) is 4.74 Å². The maximum absolute atomic E-state index is 12.9. The molecule has 2 aliphatic rings. The number of alkyl halides is 2. The highest BCUT2D eigenvalue weighted by Gasteiger charge is 2.68. The smallest absolute Gasteiger partial charge is 0.254 e. The predicted octanol–water partition coefficient (Wildman–Crippen LogP) is 1.96. The fraction of sp³-hybridized carbons (Fsp3) is 1.00. The fourth-order valence-electron chi connectivity index (χ4n) is 2.17. The Morgan fingerprint density at radius 2 is 2.21 bits per heavy atom. The van der Waals surface area contributed by atoms with Crippen molar-refractivity contribution < 1.29 is 18.6 Å². The maximum atomic E-state index is 12.9. The Bertz CT molecular complexity index is 226. The number of rotatable bonds is 3. The zero-order valence-electron chi connectivity index (χ0n) is 8.30. The van der Waals surface area contributed by atoms with Crippen LogP contribution in [-0.4, -0.2) is 29.8 Å². The summed E-state index contributed by atoms with van der Waals surface area (Å²) >= 11 is 0. The molecule has 0 aromatic heterocycles. The summed E-state index contributed by atoms with van der Waals surface area (Å²) in [6.45, 7) is 2.18.